The first kappa shape index (κ1) is 22.7. The van der Waals surface area contributed by atoms with Gasteiger partial charge in [0.1, 0.15) is 5.92 Å². The molecule has 1 saturated carbocycles. The monoisotopic (exact) mass is 368 g/mol. The van der Waals surface area contributed by atoms with Crippen LogP contribution in [0.25, 0.3) is 0 Å². The molecule has 0 heterocycles. The third kappa shape index (κ3) is 8.81. The Labute approximate surface area is 158 Å². The minimum Gasteiger partial charge on any atom is -0.466 e. The van der Waals surface area contributed by atoms with Crippen LogP contribution in [0.15, 0.2) is 0 Å². The Kier molecular flexibility index (Phi) is 12.0. The Morgan fingerprint density at radius 3 is 1.96 bits per heavy atom. The van der Waals surface area contributed by atoms with Gasteiger partial charge in [-0.3, -0.25) is 14.4 Å². The molecule has 0 aromatic rings. The second-order valence-corrected chi connectivity index (χ2v) is 7.30. The molecule has 150 valence electrons. The molecule has 1 rings (SSSR count). The summed E-state index contributed by atoms with van der Waals surface area (Å²) in [7, 11) is 0. The molecule has 0 bridgehead atoms. The van der Waals surface area contributed by atoms with Gasteiger partial charge in [0.05, 0.1) is 19.6 Å². The molecule has 0 saturated heterocycles. The van der Waals surface area contributed by atoms with Gasteiger partial charge in [0.2, 0.25) is 0 Å². The zero-order valence-corrected chi connectivity index (χ0v) is 16.6. The molecule has 0 spiro atoms. The van der Waals surface area contributed by atoms with E-state index in [0.717, 1.165) is 64.2 Å². The van der Waals surface area contributed by atoms with Crippen LogP contribution in [-0.4, -0.2) is 30.9 Å². The van der Waals surface area contributed by atoms with E-state index < -0.39 is 17.9 Å². The van der Waals surface area contributed by atoms with Gasteiger partial charge in [-0.05, 0) is 25.7 Å². The smallest absolute Gasteiger partial charge is 0.317 e. The maximum atomic E-state index is 13.0. The van der Waals surface area contributed by atoms with E-state index in [2.05, 4.69) is 0 Å². The maximum Gasteiger partial charge on any atom is 0.317 e. The van der Waals surface area contributed by atoms with Crippen molar-refractivity contribution in [3.8, 4) is 0 Å². The summed E-state index contributed by atoms with van der Waals surface area (Å²) >= 11 is 0. The summed E-state index contributed by atoms with van der Waals surface area (Å²) in [6.07, 6.45) is 10.3. The topological polar surface area (TPSA) is 69.7 Å². The number of unbranched alkanes of at least 4 members (excludes halogenated alkanes) is 2. The second kappa shape index (κ2) is 13.8. The summed E-state index contributed by atoms with van der Waals surface area (Å²) < 4.78 is 10.4. The lowest BCUT2D eigenvalue weighted by Crippen LogP contribution is -2.34. The molecule has 1 aliphatic rings. The van der Waals surface area contributed by atoms with Gasteiger partial charge in [0.25, 0.3) is 0 Å². The number of ether oxygens (including phenoxy) is 2. The van der Waals surface area contributed by atoms with E-state index in [4.69, 9.17) is 9.47 Å². The summed E-state index contributed by atoms with van der Waals surface area (Å²) in [5, 5.41) is 0. The van der Waals surface area contributed by atoms with E-state index in [0.29, 0.717) is 13.2 Å². The zero-order chi connectivity index (χ0) is 19.2. The average Bonchev–Trinajstić information content (AvgIpc) is 2.59. The molecule has 1 unspecified atom stereocenters. The van der Waals surface area contributed by atoms with Crippen molar-refractivity contribution in [2.75, 3.05) is 13.2 Å². The Morgan fingerprint density at radius 1 is 0.846 bits per heavy atom. The predicted molar refractivity (Wildman–Crippen MR) is 101 cm³/mol. The number of hydrogen-bond acceptors (Lipinski definition) is 5. The summed E-state index contributed by atoms with van der Waals surface area (Å²) in [4.78, 5) is 37.6. The quantitative estimate of drug-likeness (QED) is 0.303. The van der Waals surface area contributed by atoms with Crippen LogP contribution < -0.4 is 0 Å². The van der Waals surface area contributed by atoms with Crippen LogP contribution in [0.5, 0.6) is 0 Å². The van der Waals surface area contributed by atoms with Crippen LogP contribution in [0, 0.1) is 11.8 Å². The van der Waals surface area contributed by atoms with Crippen molar-refractivity contribution >= 4 is 17.7 Å². The fraction of sp³-hybridized carbons (Fsp3) is 0.857. The highest BCUT2D eigenvalue weighted by atomic mass is 16.5. The van der Waals surface area contributed by atoms with Crippen molar-refractivity contribution in [2.24, 2.45) is 11.8 Å². The summed E-state index contributed by atoms with van der Waals surface area (Å²) in [5.74, 6) is -2.30. The van der Waals surface area contributed by atoms with Crippen LogP contribution in [0.3, 0.4) is 0 Å². The van der Waals surface area contributed by atoms with E-state index in [1.54, 1.807) is 0 Å². The lowest BCUT2D eigenvalue weighted by molar-refractivity contribution is -0.159. The minimum atomic E-state index is -1.01. The molecule has 0 aromatic carbocycles. The van der Waals surface area contributed by atoms with Gasteiger partial charge in [0.15, 0.2) is 5.78 Å². The predicted octanol–water partition coefficient (Wildman–Crippen LogP) is 4.61. The largest absolute Gasteiger partial charge is 0.466 e. The zero-order valence-electron chi connectivity index (χ0n) is 16.6. The standard InChI is InChI=1S/C21H36O5/c1-3-5-14-25-19(22)16-18(21(24)26-15-6-4-2)20(23)17-12-10-8-7-9-11-13-17/h17-18H,3-16H2,1-2H3. The van der Waals surface area contributed by atoms with Gasteiger partial charge >= 0.3 is 11.9 Å². The van der Waals surface area contributed by atoms with E-state index in [-0.39, 0.29) is 18.1 Å². The molecule has 0 N–H and O–H groups in total. The first-order valence-corrected chi connectivity index (χ1v) is 10.5. The van der Waals surface area contributed by atoms with Gasteiger partial charge in [-0.1, -0.05) is 58.8 Å². The first-order valence-electron chi connectivity index (χ1n) is 10.5. The SMILES string of the molecule is CCCCOC(=O)CC(C(=O)OCCCC)C(=O)C1CCCCCCC1. The molecule has 0 radical (unpaired) electrons. The highest BCUT2D eigenvalue weighted by molar-refractivity contribution is 6.02. The molecule has 5 nitrogen and oxygen atoms in total. The normalized spacial score (nSPS) is 17.0. The van der Waals surface area contributed by atoms with Gasteiger partial charge in [-0.15, -0.1) is 0 Å². The number of esters is 2. The van der Waals surface area contributed by atoms with Crippen molar-refractivity contribution in [2.45, 2.75) is 90.9 Å². The molecule has 1 fully saturated rings. The number of hydrogen-bond donors (Lipinski definition) is 0. The summed E-state index contributed by atoms with van der Waals surface area (Å²) in [6, 6.07) is 0. The van der Waals surface area contributed by atoms with Crippen molar-refractivity contribution in [3.63, 3.8) is 0 Å². The van der Waals surface area contributed by atoms with Gasteiger partial charge < -0.3 is 9.47 Å². The van der Waals surface area contributed by atoms with Crippen molar-refractivity contribution in [3.05, 3.63) is 0 Å². The van der Waals surface area contributed by atoms with Crippen molar-refractivity contribution in [1.82, 2.24) is 0 Å². The minimum absolute atomic E-state index is 0.124. The van der Waals surface area contributed by atoms with Gasteiger partial charge in [0, 0.05) is 5.92 Å². The lowest BCUT2D eigenvalue weighted by Gasteiger charge is -2.23. The number of ketones is 1. The van der Waals surface area contributed by atoms with E-state index in [1.807, 2.05) is 13.8 Å². The Bertz CT molecular complexity index is 424. The fourth-order valence-electron chi connectivity index (χ4n) is 3.30. The first-order chi connectivity index (χ1) is 12.6. The van der Waals surface area contributed by atoms with Crippen LogP contribution in [0.2, 0.25) is 0 Å². The van der Waals surface area contributed by atoms with Crippen molar-refractivity contribution < 1.29 is 23.9 Å². The number of carbonyl (C=O) groups excluding carboxylic acids is 3. The molecule has 0 amide bonds. The fourth-order valence-corrected chi connectivity index (χ4v) is 3.30. The Morgan fingerprint density at radius 2 is 1.38 bits per heavy atom. The third-order valence-corrected chi connectivity index (χ3v) is 5.01. The van der Waals surface area contributed by atoms with Crippen LogP contribution in [-0.2, 0) is 23.9 Å². The van der Waals surface area contributed by atoms with Crippen LogP contribution >= 0.6 is 0 Å². The van der Waals surface area contributed by atoms with Gasteiger partial charge in [-0.25, -0.2) is 0 Å². The van der Waals surface area contributed by atoms with E-state index in [1.165, 1.54) is 6.42 Å². The molecular formula is C21H36O5. The summed E-state index contributed by atoms with van der Waals surface area (Å²) in [6.45, 7) is 4.66. The summed E-state index contributed by atoms with van der Waals surface area (Å²) in [5.41, 5.74) is 0. The maximum absolute atomic E-state index is 13.0. The number of carbonyl (C=O) groups is 3. The average molecular weight is 369 g/mol. The Balaban J connectivity index is 2.71. The molecule has 0 aliphatic heterocycles. The second-order valence-electron chi connectivity index (χ2n) is 7.30. The highest BCUT2D eigenvalue weighted by Gasteiger charge is 2.35. The third-order valence-electron chi connectivity index (χ3n) is 5.01. The Hall–Kier alpha value is -1.39. The molecule has 1 atom stereocenters. The van der Waals surface area contributed by atoms with Crippen molar-refractivity contribution in [1.29, 1.82) is 0 Å². The van der Waals surface area contributed by atoms with Gasteiger partial charge in [-0.2, -0.15) is 0 Å². The van der Waals surface area contributed by atoms with E-state index in [9.17, 15) is 14.4 Å². The molecular weight excluding hydrogens is 332 g/mol. The molecule has 0 aromatic heterocycles. The lowest BCUT2D eigenvalue weighted by atomic mass is 9.82. The van der Waals surface area contributed by atoms with Crippen LogP contribution in [0.4, 0.5) is 0 Å². The van der Waals surface area contributed by atoms with E-state index >= 15 is 0 Å². The molecule has 1 aliphatic carbocycles. The number of Topliss-reactive ketones (excluding diaryl/α,β-unsaturated/α-hetero) is 1. The molecule has 5 heteroatoms. The van der Waals surface area contributed by atoms with Crippen LogP contribution in [0.1, 0.15) is 90.9 Å². The molecule has 26 heavy (non-hydrogen) atoms. The number of rotatable bonds is 11. The highest BCUT2D eigenvalue weighted by Crippen LogP contribution is 2.27.